The molecule has 0 spiro atoms. The molecule has 1 rings (SSSR count). The Balaban J connectivity index is 2.71. The van der Waals surface area contributed by atoms with Gasteiger partial charge in [0.05, 0.1) is 11.7 Å². The molecule has 122 valence electrons. The van der Waals surface area contributed by atoms with Gasteiger partial charge in [-0.25, -0.2) is 0 Å². The summed E-state index contributed by atoms with van der Waals surface area (Å²) in [7, 11) is 0. The van der Waals surface area contributed by atoms with Crippen LogP contribution in [0.1, 0.15) is 72.5 Å². The van der Waals surface area contributed by atoms with Crippen LogP contribution in [-0.2, 0) is 6.42 Å². The van der Waals surface area contributed by atoms with Crippen LogP contribution in [0.4, 0.5) is 0 Å². The molecule has 1 heterocycles. The van der Waals surface area contributed by atoms with Crippen LogP contribution in [0, 0.1) is 11.8 Å². The van der Waals surface area contributed by atoms with E-state index in [1.165, 1.54) is 12.1 Å². The third-order valence-electron chi connectivity index (χ3n) is 4.64. The maximum absolute atomic E-state index is 4.83. The van der Waals surface area contributed by atoms with Crippen molar-refractivity contribution in [1.82, 2.24) is 15.1 Å². The van der Waals surface area contributed by atoms with E-state index in [0.717, 1.165) is 25.8 Å². The maximum atomic E-state index is 4.83. The van der Waals surface area contributed by atoms with Crippen LogP contribution in [-0.4, -0.2) is 22.4 Å². The normalized spacial score (nSPS) is 14.9. The molecule has 0 saturated carbocycles. The first kappa shape index (κ1) is 18.2. The highest BCUT2D eigenvalue weighted by atomic mass is 15.3. The molecule has 0 bridgehead atoms. The maximum Gasteiger partial charge on any atom is 0.0628 e. The molecule has 0 aromatic carbocycles. The Morgan fingerprint density at radius 1 is 1.14 bits per heavy atom. The topological polar surface area (TPSA) is 29.9 Å². The summed E-state index contributed by atoms with van der Waals surface area (Å²) in [6.45, 7) is 14.8. The van der Waals surface area contributed by atoms with Crippen molar-refractivity contribution in [2.45, 2.75) is 79.3 Å². The first-order valence-corrected chi connectivity index (χ1v) is 8.80. The Bertz CT molecular complexity index is 380. The van der Waals surface area contributed by atoms with Gasteiger partial charge in [-0.05, 0) is 57.1 Å². The van der Waals surface area contributed by atoms with E-state index in [1.807, 2.05) is 0 Å². The van der Waals surface area contributed by atoms with Crippen LogP contribution in [0.5, 0.6) is 0 Å². The zero-order valence-electron chi connectivity index (χ0n) is 14.9. The van der Waals surface area contributed by atoms with Crippen molar-refractivity contribution in [3.63, 3.8) is 0 Å². The van der Waals surface area contributed by atoms with Gasteiger partial charge in [-0.15, -0.1) is 0 Å². The molecule has 0 fully saturated rings. The summed E-state index contributed by atoms with van der Waals surface area (Å²) < 4.78 is 2.16. The fourth-order valence-corrected chi connectivity index (χ4v) is 3.11. The fourth-order valence-electron chi connectivity index (χ4n) is 3.11. The van der Waals surface area contributed by atoms with Gasteiger partial charge in [0.2, 0.25) is 0 Å². The number of rotatable bonds is 10. The van der Waals surface area contributed by atoms with E-state index in [0.29, 0.717) is 23.9 Å². The predicted molar refractivity (Wildman–Crippen MR) is 91.6 cm³/mol. The molecular formula is C18H35N3. The molecule has 1 aromatic heterocycles. The van der Waals surface area contributed by atoms with Gasteiger partial charge in [0, 0.05) is 12.2 Å². The zero-order valence-corrected chi connectivity index (χ0v) is 14.9. The van der Waals surface area contributed by atoms with Crippen molar-refractivity contribution < 1.29 is 0 Å². The molecule has 3 nitrogen and oxygen atoms in total. The second-order valence-corrected chi connectivity index (χ2v) is 6.61. The van der Waals surface area contributed by atoms with E-state index in [2.05, 4.69) is 63.8 Å². The minimum atomic E-state index is 0.545. The molecule has 2 atom stereocenters. The van der Waals surface area contributed by atoms with Gasteiger partial charge in [-0.3, -0.25) is 4.68 Å². The molecule has 1 aromatic rings. The van der Waals surface area contributed by atoms with E-state index < -0.39 is 0 Å². The highest BCUT2D eigenvalue weighted by Gasteiger charge is 2.22. The number of nitrogens with zero attached hydrogens (tertiary/aromatic N) is 2. The van der Waals surface area contributed by atoms with Crippen molar-refractivity contribution in [1.29, 1.82) is 0 Å². The average Bonchev–Trinajstić information content (AvgIpc) is 2.91. The summed E-state index contributed by atoms with van der Waals surface area (Å²) in [5, 5.41) is 8.48. The molecule has 0 amide bonds. The second-order valence-electron chi connectivity index (χ2n) is 6.61. The largest absolute Gasteiger partial charge is 0.314 e. The molecule has 0 saturated heterocycles. The van der Waals surface area contributed by atoms with Gasteiger partial charge in [-0.1, -0.05) is 34.6 Å². The van der Waals surface area contributed by atoms with Gasteiger partial charge >= 0.3 is 0 Å². The van der Waals surface area contributed by atoms with Crippen molar-refractivity contribution in [3.05, 3.63) is 18.0 Å². The Labute approximate surface area is 131 Å². The van der Waals surface area contributed by atoms with E-state index >= 15 is 0 Å². The Morgan fingerprint density at radius 2 is 1.81 bits per heavy atom. The average molecular weight is 293 g/mol. The third-order valence-corrected chi connectivity index (χ3v) is 4.64. The van der Waals surface area contributed by atoms with E-state index in [4.69, 9.17) is 5.10 Å². The van der Waals surface area contributed by atoms with Gasteiger partial charge in [0.15, 0.2) is 0 Å². The number of hydrogen-bond acceptors (Lipinski definition) is 2. The molecule has 0 aliphatic carbocycles. The minimum absolute atomic E-state index is 0.545. The summed E-state index contributed by atoms with van der Waals surface area (Å²) in [6, 6.07) is 3.30. The van der Waals surface area contributed by atoms with Crippen LogP contribution in [0.25, 0.3) is 0 Å². The number of hydrogen-bond donors (Lipinski definition) is 1. The minimum Gasteiger partial charge on any atom is -0.314 e. The molecular weight excluding hydrogens is 258 g/mol. The highest BCUT2D eigenvalue weighted by molar-refractivity contribution is 5.02. The molecule has 0 aliphatic rings. The molecule has 2 unspecified atom stereocenters. The van der Waals surface area contributed by atoms with Crippen molar-refractivity contribution in [2.24, 2.45) is 11.8 Å². The monoisotopic (exact) mass is 293 g/mol. The first-order chi connectivity index (χ1) is 10.0. The zero-order chi connectivity index (χ0) is 15.8. The summed E-state index contributed by atoms with van der Waals surface area (Å²) in [5.41, 5.74) is 1.24. The lowest BCUT2D eigenvalue weighted by Crippen LogP contribution is -2.37. The van der Waals surface area contributed by atoms with Crippen LogP contribution in [0.15, 0.2) is 12.3 Å². The van der Waals surface area contributed by atoms with Crippen LogP contribution < -0.4 is 5.32 Å². The van der Waals surface area contributed by atoms with Crippen molar-refractivity contribution in [2.75, 3.05) is 6.54 Å². The Kier molecular flexibility index (Phi) is 8.02. The van der Waals surface area contributed by atoms with Crippen LogP contribution in [0.2, 0.25) is 0 Å². The summed E-state index contributed by atoms with van der Waals surface area (Å²) in [5.74, 6) is 1.31. The Morgan fingerprint density at radius 3 is 2.33 bits per heavy atom. The van der Waals surface area contributed by atoms with E-state index in [1.54, 1.807) is 0 Å². The first-order valence-electron chi connectivity index (χ1n) is 8.80. The van der Waals surface area contributed by atoms with E-state index in [9.17, 15) is 0 Å². The molecule has 3 heteroatoms. The quantitative estimate of drug-likeness (QED) is 0.691. The standard InChI is InChI=1S/C18H35N3/c1-7-11-19-15(6)18(14(4)5)13-16-10-12-21(20-16)17(8-2)9-3/h10,12,14-15,17-19H,7-9,11,13H2,1-6H3. The highest BCUT2D eigenvalue weighted by Crippen LogP contribution is 2.22. The summed E-state index contributed by atoms with van der Waals surface area (Å²) >= 11 is 0. The molecule has 1 N–H and O–H groups in total. The smallest absolute Gasteiger partial charge is 0.0628 e. The third kappa shape index (κ3) is 5.46. The number of aromatic nitrogens is 2. The SMILES string of the molecule is CCCNC(C)C(Cc1ccn(C(CC)CC)n1)C(C)C. The molecule has 0 aliphatic heterocycles. The van der Waals surface area contributed by atoms with Gasteiger partial charge in [0.1, 0.15) is 0 Å². The van der Waals surface area contributed by atoms with Crippen LogP contribution in [0.3, 0.4) is 0 Å². The van der Waals surface area contributed by atoms with Crippen LogP contribution >= 0.6 is 0 Å². The van der Waals surface area contributed by atoms with Gasteiger partial charge < -0.3 is 5.32 Å². The summed E-state index contributed by atoms with van der Waals surface area (Å²) in [4.78, 5) is 0. The summed E-state index contributed by atoms with van der Waals surface area (Å²) in [6.07, 6.45) is 6.73. The predicted octanol–water partition coefficient (Wildman–Crippen LogP) is 4.45. The van der Waals surface area contributed by atoms with Crippen molar-refractivity contribution in [3.8, 4) is 0 Å². The second kappa shape index (κ2) is 9.24. The lowest BCUT2D eigenvalue weighted by Gasteiger charge is -2.28. The molecule has 0 radical (unpaired) electrons. The van der Waals surface area contributed by atoms with E-state index in [-0.39, 0.29) is 0 Å². The van der Waals surface area contributed by atoms with Gasteiger partial charge in [-0.2, -0.15) is 5.10 Å². The Hall–Kier alpha value is -0.830. The lowest BCUT2D eigenvalue weighted by molar-refractivity contribution is 0.285. The fraction of sp³-hybridized carbons (Fsp3) is 0.833. The lowest BCUT2D eigenvalue weighted by atomic mass is 9.85. The van der Waals surface area contributed by atoms with Crippen molar-refractivity contribution >= 4 is 0 Å². The number of nitrogens with one attached hydrogen (secondary N) is 1. The molecule has 21 heavy (non-hydrogen) atoms. The van der Waals surface area contributed by atoms with Gasteiger partial charge in [0.25, 0.3) is 0 Å².